The molecule has 1 unspecified atom stereocenters. The summed E-state index contributed by atoms with van der Waals surface area (Å²) in [6, 6.07) is 7.20. The maximum Gasteiger partial charge on any atom is 0.240 e. The summed E-state index contributed by atoms with van der Waals surface area (Å²) in [7, 11) is -3.47. The van der Waals surface area contributed by atoms with Gasteiger partial charge in [-0.3, -0.25) is 0 Å². The monoisotopic (exact) mass is 297 g/mol. The minimum atomic E-state index is -3.47. The zero-order chi connectivity index (χ0) is 14.8. The van der Waals surface area contributed by atoms with E-state index in [2.05, 4.69) is 4.72 Å². The highest BCUT2D eigenvalue weighted by atomic mass is 32.2. The fourth-order valence-corrected chi connectivity index (χ4v) is 3.90. The Morgan fingerprint density at radius 1 is 1.30 bits per heavy atom. The summed E-state index contributed by atoms with van der Waals surface area (Å²) in [6.45, 7) is 7.87. The van der Waals surface area contributed by atoms with E-state index in [1.165, 1.54) is 0 Å². The summed E-state index contributed by atoms with van der Waals surface area (Å²) in [4.78, 5) is 0.381. The molecule has 0 spiro atoms. The summed E-state index contributed by atoms with van der Waals surface area (Å²) >= 11 is 0. The molecule has 1 fully saturated rings. The Hall–Kier alpha value is -0.910. The number of hydrogen-bond donors (Lipinski definition) is 1. The van der Waals surface area contributed by atoms with E-state index in [0.29, 0.717) is 18.0 Å². The molecular weight excluding hydrogens is 274 g/mol. The molecule has 1 N–H and O–H groups in total. The molecule has 1 aliphatic rings. The van der Waals surface area contributed by atoms with E-state index < -0.39 is 10.0 Å². The third-order valence-corrected chi connectivity index (χ3v) is 5.05. The molecule has 1 aromatic carbocycles. The van der Waals surface area contributed by atoms with Crippen LogP contribution in [0.3, 0.4) is 0 Å². The predicted octanol–water partition coefficient (Wildman–Crippen LogP) is 2.30. The minimum Gasteiger partial charge on any atom is -0.381 e. The van der Waals surface area contributed by atoms with Crippen LogP contribution in [-0.4, -0.2) is 28.2 Å². The van der Waals surface area contributed by atoms with E-state index in [-0.39, 0.29) is 11.3 Å². The second kappa shape index (κ2) is 5.84. The average Bonchev–Trinajstić information content (AvgIpc) is 2.89. The van der Waals surface area contributed by atoms with Crippen LogP contribution in [-0.2, 0) is 20.2 Å². The smallest absolute Gasteiger partial charge is 0.240 e. The molecule has 0 saturated carbocycles. The Morgan fingerprint density at radius 3 is 2.60 bits per heavy atom. The van der Waals surface area contributed by atoms with Crippen LogP contribution in [0.5, 0.6) is 0 Å². The minimum absolute atomic E-state index is 0.207. The molecule has 1 saturated heterocycles. The van der Waals surface area contributed by atoms with Crippen molar-refractivity contribution in [1.82, 2.24) is 4.72 Å². The molecule has 20 heavy (non-hydrogen) atoms. The van der Waals surface area contributed by atoms with Crippen molar-refractivity contribution in [3.8, 4) is 0 Å². The maximum absolute atomic E-state index is 12.5. The van der Waals surface area contributed by atoms with Gasteiger partial charge in [-0.25, -0.2) is 13.1 Å². The lowest BCUT2D eigenvalue weighted by molar-refractivity contribution is 0.186. The largest absolute Gasteiger partial charge is 0.381 e. The third kappa shape index (κ3) is 3.59. The van der Waals surface area contributed by atoms with Gasteiger partial charge >= 0.3 is 0 Å². The molecule has 0 radical (unpaired) electrons. The van der Waals surface area contributed by atoms with Gasteiger partial charge in [0.1, 0.15) is 0 Å². The van der Waals surface area contributed by atoms with E-state index in [4.69, 9.17) is 4.74 Å². The molecule has 1 heterocycles. The highest BCUT2D eigenvalue weighted by molar-refractivity contribution is 7.89. The number of hydrogen-bond acceptors (Lipinski definition) is 3. The maximum atomic E-state index is 12.5. The predicted molar refractivity (Wildman–Crippen MR) is 79.3 cm³/mol. The van der Waals surface area contributed by atoms with Crippen LogP contribution in [0.4, 0.5) is 0 Å². The summed E-state index contributed by atoms with van der Waals surface area (Å²) < 4.78 is 33.0. The molecular formula is C15H23NO3S. The van der Waals surface area contributed by atoms with E-state index >= 15 is 0 Å². The highest BCUT2D eigenvalue weighted by Crippen LogP contribution is 2.28. The molecule has 112 valence electrons. The first kappa shape index (κ1) is 15.5. The molecule has 1 atom stereocenters. The Morgan fingerprint density at radius 2 is 2.00 bits per heavy atom. The van der Waals surface area contributed by atoms with Gasteiger partial charge in [0.2, 0.25) is 10.0 Å². The van der Waals surface area contributed by atoms with Gasteiger partial charge in [-0.05, 0) is 29.4 Å². The Bertz CT molecular complexity index is 555. The molecule has 1 aromatic rings. The Balaban J connectivity index is 2.20. The molecule has 4 nitrogen and oxygen atoms in total. The van der Waals surface area contributed by atoms with Crippen LogP contribution in [0, 0.1) is 5.92 Å². The Kier molecular flexibility index (Phi) is 4.52. The van der Waals surface area contributed by atoms with Crippen LogP contribution in [0.15, 0.2) is 29.2 Å². The topological polar surface area (TPSA) is 55.4 Å². The van der Waals surface area contributed by atoms with Gasteiger partial charge in [0.05, 0.1) is 11.5 Å². The number of ether oxygens (including phenoxy) is 1. The first-order chi connectivity index (χ1) is 9.31. The van der Waals surface area contributed by atoms with Crippen molar-refractivity contribution in [2.45, 2.75) is 37.5 Å². The van der Waals surface area contributed by atoms with Gasteiger partial charge in [0.15, 0.2) is 0 Å². The van der Waals surface area contributed by atoms with Crippen molar-refractivity contribution in [3.63, 3.8) is 0 Å². The fraction of sp³-hybridized carbons (Fsp3) is 0.600. The van der Waals surface area contributed by atoms with Gasteiger partial charge in [-0.2, -0.15) is 0 Å². The average molecular weight is 297 g/mol. The van der Waals surface area contributed by atoms with Crippen LogP contribution in [0.1, 0.15) is 32.8 Å². The first-order valence-electron chi connectivity index (χ1n) is 6.97. The van der Waals surface area contributed by atoms with Crippen molar-refractivity contribution in [2.24, 2.45) is 5.92 Å². The molecule has 0 aromatic heterocycles. The number of nitrogens with one attached hydrogen (secondary N) is 1. The zero-order valence-corrected chi connectivity index (χ0v) is 13.2. The van der Waals surface area contributed by atoms with Gasteiger partial charge in [-0.1, -0.05) is 39.0 Å². The fourth-order valence-electron chi connectivity index (χ4n) is 2.37. The standard InChI is InChI=1S/C15H23NO3S/c1-15(2,3)13-6-4-5-7-14(13)20(17,18)16-10-12-8-9-19-11-12/h4-7,12,16H,8-11H2,1-3H3. The van der Waals surface area contributed by atoms with Crippen LogP contribution in [0.25, 0.3) is 0 Å². The number of benzene rings is 1. The van der Waals surface area contributed by atoms with E-state index in [1.807, 2.05) is 32.9 Å². The quantitative estimate of drug-likeness (QED) is 0.928. The van der Waals surface area contributed by atoms with E-state index in [1.54, 1.807) is 12.1 Å². The zero-order valence-electron chi connectivity index (χ0n) is 12.3. The van der Waals surface area contributed by atoms with Gasteiger partial charge in [0.25, 0.3) is 0 Å². The van der Waals surface area contributed by atoms with Crippen molar-refractivity contribution in [2.75, 3.05) is 19.8 Å². The molecule has 0 bridgehead atoms. The van der Waals surface area contributed by atoms with Crippen LogP contribution < -0.4 is 4.72 Å². The summed E-state index contributed by atoms with van der Waals surface area (Å²) in [5.41, 5.74) is 0.636. The van der Waals surface area contributed by atoms with Gasteiger partial charge in [-0.15, -0.1) is 0 Å². The molecule has 0 aliphatic carbocycles. The molecule has 0 amide bonds. The van der Waals surface area contributed by atoms with Crippen molar-refractivity contribution in [1.29, 1.82) is 0 Å². The molecule has 2 rings (SSSR count). The van der Waals surface area contributed by atoms with E-state index in [0.717, 1.165) is 18.6 Å². The van der Waals surface area contributed by atoms with Crippen molar-refractivity contribution in [3.05, 3.63) is 29.8 Å². The first-order valence-corrected chi connectivity index (χ1v) is 8.46. The van der Waals surface area contributed by atoms with Crippen molar-refractivity contribution >= 4 is 10.0 Å². The lowest BCUT2D eigenvalue weighted by Crippen LogP contribution is -2.31. The summed E-state index contributed by atoms with van der Waals surface area (Å²) in [6.07, 6.45) is 0.920. The van der Waals surface area contributed by atoms with Gasteiger partial charge in [0, 0.05) is 13.2 Å². The third-order valence-electron chi connectivity index (χ3n) is 3.57. The normalized spacial score (nSPS) is 20.2. The van der Waals surface area contributed by atoms with Crippen molar-refractivity contribution < 1.29 is 13.2 Å². The number of sulfonamides is 1. The van der Waals surface area contributed by atoms with Crippen LogP contribution in [0.2, 0.25) is 0 Å². The SMILES string of the molecule is CC(C)(C)c1ccccc1S(=O)(=O)NCC1CCOC1. The lowest BCUT2D eigenvalue weighted by Gasteiger charge is -2.23. The lowest BCUT2D eigenvalue weighted by atomic mass is 9.87. The summed E-state index contributed by atoms with van der Waals surface area (Å²) in [5.74, 6) is 0.284. The second-order valence-corrected chi connectivity index (χ2v) is 8.06. The molecule has 5 heteroatoms. The van der Waals surface area contributed by atoms with Gasteiger partial charge < -0.3 is 4.74 Å². The second-order valence-electron chi connectivity index (χ2n) is 6.33. The Labute approximate surface area is 121 Å². The van der Waals surface area contributed by atoms with E-state index in [9.17, 15) is 8.42 Å². The number of rotatable bonds is 4. The molecule has 1 aliphatic heterocycles. The highest BCUT2D eigenvalue weighted by Gasteiger charge is 2.26. The van der Waals surface area contributed by atoms with Crippen LogP contribution >= 0.6 is 0 Å². The summed E-state index contributed by atoms with van der Waals surface area (Å²) in [5, 5.41) is 0.